The predicted molar refractivity (Wildman–Crippen MR) is 75.9 cm³/mol. The fourth-order valence-electron chi connectivity index (χ4n) is 1.82. The second-order valence-corrected chi connectivity index (χ2v) is 4.23. The van der Waals surface area contributed by atoms with Crippen molar-refractivity contribution in [3.8, 4) is 5.75 Å². The Hall–Kier alpha value is -1.84. The maximum absolute atomic E-state index is 5.65. The van der Waals surface area contributed by atoms with Crippen LogP contribution in [0.25, 0.3) is 0 Å². The first-order chi connectivity index (χ1) is 9.40. The van der Waals surface area contributed by atoms with Gasteiger partial charge in [0, 0.05) is 12.1 Å². The van der Waals surface area contributed by atoms with E-state index in [1.165, 1.54) is 0 Å². The molecule has 0 saturated carbocycles. The van der Waals surface area contributed by atoms with Gasteiger partial charge in [0.15, 0.2) is 6.79 Å². The summed E-state index contributed by atoms with van der Waals surface area (Å²) >= 11 is 0. The highest BCUT2D eigenvalue weighted by Gasteiger charge is 2.01. The van der Waals surface area contributed by atoms with Gasteiger partial charge in [-0.2, -0.15) is 0 Å². The minimum absolute atomic E-state index is 0.260. The summed E-state index contributed by atoms with van der Waals surface area (Å²) in [7, 11) is 1.92. The number of hydrogen-bond acceptors (Lipinski definition) is 3. The number of hydrogen-bond donors (Lipinski definition) is 1. The van der Waals surface area contributed by atoms with Gasteiger partial charge in [-0.1, -0.05) is 48.5 Å². The minimum atomic E-state index is 0.260. The molecule has 19 heavy (non-hydrogen) atoms. The molecule has 0 aromatic heterocycles. The van der Waals surface area contributed by atoms with Gasteiger partial charge in [0.05, 0.1) is 6.61 Å². The van der Waals surface area contributed by atoms with Gasteiger partial charge in [0.1, 0.15) is 5.75 Å². The van der Waals surface area contributed by atoms with Gasteiger partial charge in [0.2, 0.25) is 0 Å². The van der Waals surface area contributed by atoms with E-state index in [2.05, 4.69) is 5.32 Å². The van der Waals surface area contributed by atoms with Crippen molar-refractivity contribution in [3.63, 3.8) is 0 Å². The molecule has 0 amide bonds. The Morgan fingerprint density at radius 3 is 2.47 bits per heavy atom. The molecule has 0 heterocycles. The van der Waals surface area contributed by atoms with Crippen LogP contribution in [0.15, 0.2) is 54.6 Å². The first kappa shape index (κ1) is 13.6. The van der Waals surface area contributed by atoms with E-state index in [1.54, 1.807) is 0 Å². The molecule has 0 unspecified atom stereocenters. The van der Waals surface area contributed by atoms with Crippen LogP contribution < -0.4 is 10.1 Å². The predicted octanol–water partition coefficient (Wildman–Crippen LogP) is 2.96. The van der Waals surface area contributed by atoms with E-state index in [0.717, 1.165) is 23.4 Å². The summed E-state index contributed by atoms with van der Waals surface area (Å²) in [6, 6.07) is 18.0. The molecule has 1 N–H and O–H groups in total. The highest BCUT2D eigenvalue weighted by molar-refractivity contribution is 5.33. The van der Waals surface area contributed by atoms with E-state index in [9.17, 15) is 0 Å². The van der Waals surface area contributed by atoms with E-state index in [4.69, 9.17) is 9.47 Å². The summed E-state index contributed by atoms with van der Waals surface area (Å²) in [5, 5.41) is 3.12. The third-order valence-electron chi connectivity index (χ3n) is 2.75. The van der Waals surface area contributed by atoms with Crippen LogP contribution in [0.2, 0.25) is 0 Å². The molecule has 0 spiro atoms. The summed E-state index contributed by atoms with van der Waals surface area (Å²) in [5.74, 6) is 0.866. The van der Waals surface area contributed by atoms with Gasteiger partial charge in [-0.15, -0.1) is 0 Å². The Labute approximate surface area is 114 Å². The zero-order valence-electron chi connectivity index (χ0n) is 11.1. The standard InChI is InChI=1S/C16H19NO2/c1-17-11-15-9-5-6-10-16(15)19-13-18-12-14-7-3-2-4-8-14/h2-10,17H,11-13H2,1H3. The van der Waals surface area contributed by atoms with Crippen LogP contribution >= 0.6 is 0 Å². The maximum Gasteiger partial charge on any atom is 0.189 e. The smallest absolute Gasteiger partial charge is 0.189 e. The molecule has 3 nitrogen and oxygen atoms in total. The van der Waals surface area contributed by atoms with E-state index in [0.29, 0.717) is 6.61 Å². The zero-order valence-corrected chi connectivity index (χ0v) is 11.1. The number of ether oxygens (including phenoxy) is 2. The molecule has 0 aliphatic rings. The molecule has 2 aromatic rings. The third kappa shape index (κ3) is 4.39. The highest BCUT2D eigenvalue weighted by atomic mass is 16.7. The molecular formula is C16H19NO2. The van der Waals surface area contributed by atoms with Crippen LogP contribution in [0.3, 0.4) is 0 Å². The van der Waals surface area contributed by atoms with Crippen LogP contribution in [0.1, 0.15) is 11.1 Å². The van der Waals surface area contributed by atoms with E-state index >= 15 is 0 Å². The van der Waals surface area contributed by atoms with Crippen LogP contribution in [0.4, 0.5) is 0 Å². The average molecular weight is 257 g/mol. The quantitative estimate of drug-likeness (QED) is 0.611. The summed E-state index contributed by atoms with van der Waals surface area (Å²) < 4.78 is 11.2. The molecule has 3 heteroatoms. The normalized spacial score (nSPS) is 10.4. The summed E-state index contributed by atoms with van der Waals surface area (Å²) in [6.07, 6.45) is 0. The van der Waals surface area contributed by atoms with Crippen molar-refractivity contribution < 1.29 is 9.47 Å². The Morgan fingerprint density at radius 2 is 1.68 bits per heavy atom. The Morgan fingerprint density at radius 1 is 0.947 bits per heavy atom. The van der Waals surface area contributed by atoms with E-state index in [1.807, 2.05) is 61.6 Å². The molecule has 0 atom stereocenters. The Bertz CT molecular complexity index is 485. The van der Waals surface area contributed by atoms with Gasteiger partial charge < -0.3 is 14.8 Å². The van der Waals surface area contributed by atoms with Crippen molar-refractivity contribution in [2.45, 2.75) is 13.2 Å². The molecule has 2 rings (SSSR count). The number of nitrogens with one attached hydrogen (secondary N) is 1. The maximum atomic E-state index is 5.65. The monoisotopic (exact) mass is 257 g/mol. The molecule has 0 saturated heterocycles. The Balaban J connectivity index is 1.79. The zero-order chi connectivity index (χ0) is 13.3. The van der Waals surface area contributed by atoms with Gasteiger partial charge in [0.25, 0.3) is 0 Å². The first-order valence-corrected chi connectivity index (χ1v) is 6.37. The van der Waals surface area contributed by atoms with Crippen molar-refractivity contribution in [1.82, 2.24) is 5.32 Å². The molecule has 2 aromatic carbocycles. The van der Waals surface area contributed by atoms with Crippen molar-refractivity contribution in [1.29, 1.82) is 0 Å². The molecule has 100 valence electrons. The summed E-state index contributed by atoms with van der Waals surface area (Å²) in [5.41, 5.74) is 2.28. The number of rotatable bonds is 7. The second kappa shape index (κ2) is 7.56. The van der Waals surface area contributed by atoms with Crippen LogP contribution in [-0.4, -0.2) is 13.8 Å². The van der Waals surface area contributed by atoms with Gasteiger partial charge in [-0.3, -0.25) is 0 Å². The first-order valence-electron chi connectivity index (χ1n) is 6.37. The number of benzene rings is 2. The number of para-hydroxylation sites is 1. The average Bonchev–Trinajstić information content (AvgIpc) is 2.47. The lowest BCUT2D eigenvalue weighted by Crippen LogP contribution is -2.09. The lowest BCUT2D eigenvalue weighted by Gasteiger charge is -2.11. The lowest BCUT2D eigenvalue weighted by molar-refractivity contribution is 0.00450. The summed E-state index contributed by atoms with van der Waals surface area (Å²) in [6.45, 7) is 1.61. The van der Waals surface area contributed by atoms with Crippen molar-refractivity contribution in [2.24, 2.45) is 0 Å². The van der Waals surface area contributed by atoms with E-state index in [-0.39, 0.29) is 6.79 Å². The molecule has 0 radical (unpaired) electrons. The highest BCUT2D eigenvalue weighted by Crippen LogP contribution is 2.17. The minimum Gasteiger partial charge on any atom is -0.467 e. The summed E-state index contributed by atoms with van der Waals surface area (Å²) in [4.78, 5) is 0. The Kier molecular flexibility index (Phi) is 5.41. The van der Waals surface area contributed by atoms with Crippen molar-refractivity contribution in [3.05, 3.63) is 65.7 Å². The van der Waals surface area contributed by atoms with Gasteiger partial charge in [-0.05, 0) is 18.7 Å². The molecule has 0 aliphatic carbocycles. The largest absolute Gasteiger partial charge is 0.467 e. The lowest BCUT2D eigenvalue weighted by atomic mass is 10.2. The molecule has 0 aliphatic heterocycles. The van der Waals surface area contributed by atoms with E-state index < -0.39 is 0 Å². The van der Waals surface area contributed by atoms with Crippen molar-refractivity contribution >= 4 is 0 Å². The second-order valence-electron chi connectivity index (χ2n) is 4.23. The topological polar surface area (TPSA) is 30.5 Å². The van der Waals surface area contributed by atoms with Gasteiger partial charge >= 0.3 is 0 Å². The van der Waals surface area contributed by atoms with Crippen LogP contribution in [-0.2, 0) is 17.9 Å². The van der Waals surface area contributed by atoms with Crippen molar-refractivity contribution in [2.75, 3.05) is 13.8 Å². The molecule has 0 fully saturated rings. The van der Waals surface area contributed by atoms with Crippen LogP contribution in [0, 0.1) is 0 Å². The third-order valence-corrected chi connectivity index (χ3v) is 2.75. The fourth-order valence-corrected chi connectivity index (χ4v) is 1.82. The fraction of sp³-hybridized carbons (Fsp3) is 0.250. The molecular weight excluding hydrogens is 238 g/mol. The van der Waals surface area contributed by atoms with Gasteiger partial charge in [-0.25, -0.2) is 0 Å². The SMILES string of the molecule is CNCc1ccccc1OCOCc1ccccc1. The van der Waals surface area contributed by atoms with Crippen LogP contribution in [0.5, 0.6) is 5.75 Å². The molecule has 0 bridgehead atoms.